The minimum Gasteiger partial charge on any atom is -0.454 e. The van der Waals surface area contributed by atoms with Gasteiger partial charge in [-0.3, -0.25) is 9.10 Å². The van der Waals surface area contributed by atoms with Crippen LogP contribution in [0.1, 0.15) is 26.3 Å². The van der Waals surface area contributed by atoms with Crippen LogP contribution in [0.2, 0.25) is 10.0 Å². The number of halogens is 2. The Balaban J connectivity index is 1.64. The normalized spacial score (nSPS) is 11.1. The van der Waals surface area contributed by atoms with Crippen molar-refractivity contribution >= 4 is 50.7 Å². The van der Waals surface area contributed by atoms with Crippen molar-refractivity contribution in [3.05, 3.63) is 130 Å². The maximum atomic E-state index is 13.9. The van der Waals surface area contributed by atoms with Crippen LogP contribution in [0.4, 0.5) is 5.69 Å². The average Bonchev–Trinajstić information content (AvgIpc) is 2.92. The van der Waals surface area contributed by atoms with Crippen molar-refractivity contribution in [2.24, 2.45) is 0 Å². The number of sulfonamides is 1. The fourth-order valence-corrected chi connectivity index (χ4v) is 5.62. The topological polar surface area (TPSA) is 80.8 Å². The molecular formula is C28H21Cl2NO5S. The Morgan fingerprint density at radius 2 is 1.38 bits per heavy atom. The van der Waals surface area contributed by atoms with Gasteiger partial charge in [0.1, 0.15) is 4.90 Å². The molecule has 0 fully saturated rings. The van der Waals surface area contributed by atoms with Gasteiger partial charge in [0, 0.05) is 10.6 Å². The Kier molecular flexibility index (Phi) is 8.28. The number of nitrogens with zero attached hydrogens (tertiary/aromatic N) is 1. The lowest BCUT2D eigenvalue weighted by Gasteiger charge is -2.25. The van der Waals surface area contributed by atoms with Crippen molar-refractivity contribution < 1.29 is 22.7 Å². The summed E-state index contributed by atoms with van der Waals surface area (Å²) in [5, 5.41) is 0.387. The quantitative estimate of drug-likeness (QED) is 0.176. The Morgan fingerprint density at radius 3 is 2.03 bits per heavy atom. The van der Waals surface area contributed by atoms with E-state index in [4.69, 9.17) is 27.9 Å². The molecule has 0 spiro atoms. The van der Waals surface area contributed by atoms with Crippen LogP contribution in [0.15, 0.2) is 108 Å². The third kappa shape index (κ3) is 6.38. The largest absolute Gasteiger partial charge is 0.454 e. The summed E-state index contributed by atoms with van der Waals surface area (Å²) in [6.07, 6.45) is 0. The lowest BCUT2D eigenvalue weighted by Crippen LogP contribution is -2.31. The lowest BCUT2D eigenvalue weighted by atomic mass is 10.1. The first kappa shape index (κ1) is 26.4. The second-order valence-electron chi connectivity index (χ2n) is 7.98. The number of ether oxygens (including phenoxy) is 1. The van der Waals surface area contributed by atoms with E-state index in [0.29, 0.717) is 16.3 Å². The molecular weight excluding hydrogens is 533 g/mol. The highest BCUT2D eigenvalue weighted by Gasteiger charge is 2.29. The summed E-state index contributed by atoms with van der Waals surface area (Å²) in [5.74, 6) is -1.23. The smallest absolute Gasteiger partial charge is 0.338 e. The van der Waals surface area contributed by atoms with Gasteiger partial charge in [-0.1, -0.05) is 83.9 Å². The van der Waals surface area contributed by atoms with Crippen LogP contribution >= 0.6 is 23.2 Å². The van der Waals surface area contributed by atoms with E-state index >= 15 is 0 Å². The molecule has 0 saturated carbocycles. The third-order valence-corrected chi connectivity index (χ3v) is 7.96. The van der Waals surface area contributed by atoms with Gasteiger partial charge in [0.15, 0.2) is 12.4 Å². The van der Waals surface area contributed by atoms with E-state index in [1.54, 1.807) is 66.7 Å². The predicted molar refractivity (Wildman–Crippen MR) is 144 cm³/mol. The van der Waals surface area contributed by atoms with Crippen molar-refractivity contribution in [2.45, 2.75) is 11.4 Å². The number of carbonyl (C=O) groups is 2. The molecule has 0 saturated heterocycles. The first-order chi connectivity index (χ1) is 17.8. The van der Waals surface area contributed by atoms with E-state index in [2.05, 4.69) is 0 Å². The average molecular weight is 554 g/mol. The highest BCUT2D eigenvalue weighted by atomic mass is 35.5. The van der Waals surface area contributed by atoms with Crippen LogP contribution in [0.3, 0.4) is 0 Å². The molecule has 0 aliphatic heterocycles. The number of anilines is 1. The molecule has 6 nitrogen and oxygen atoms in total. The summed E-state index contributed by atoms with van der Waals surface area (Å²) in [6.45, 7) is -0.472. The molecule has 37 heavy (non-hydrogen) atoms. The zero-order chi connectivity index (χ0) is 26.4. The Labute approximate surface area is 225 Å². The molecule has 188 valence electrons. The minimum atomic E-state index is -4.24. The van der Waals surface area contributed by atoms with Crippen molar-refractivity contribution in [2.75, 3.05) is 10.9 Å². The molecule has 0 amide bonds. The third-order valence-electron chi connectivity index (χ3n) is 5.45. The number of carbonyl (C=O) groups excluding carboxylic acids is 2. The van der Waals surface area contributed by atoms with Crippen LogP contribution in [0.25, 0.3) is 0 Å². The summed E-state index contributed by atoms with van der Waals surface area (Å²) in [6, 6.07) is 27.6. The molecule has 0 radical (unpaired) electrons. The molecule has 0 unspecified atom stereocenters. The first-order valence-electron chi connectivity index (χ1n) is 11.1. The van der Waals surface area contributed by atoms with Gasteiger partial charge in [0.25, 0.3) is 10.0 Å². The number of Topliss-reactive ketones (excluding diaryl/α,β-unsaturated/α-hetero) is 1. The van der Waals surface area contributed by atoms with Gasteiger partial charge in [-0.25, -0.2) is 13.2 Å². The van der Waals surface area contributed by atoms with Crippen LogP contribution < -0.4 is 4.31 Å². The summed E-state index contributed by atoms with van der Waals surface area (Å²) in [7, 11) is -4.24. The molecule has 0 N–H and O–H groups in total. The number of hydrogen-bond donors (Lipinski definition) is 0. The summed E-state index contributed by atoms with van der Waals surface area (Å²) in [5.41, 5.74) is 1.45. The molecule has 4 rings (SSSR count). The molecule has 0 aromatic heterocycles. The van der Waals surface area contributed by atoms with Crippen molar-refractivity contribution in [1.29, 1.82) is 0 Å². The molecule has 0 aliphatic carbocycles. The summed E-state index contributed by atoms with van der Waals surface area (Å²) < 4.78 is 34.1. The van der Waals surface area contributed by atoms with Gasteiger partial charge in [-0.15, -0.1) is 0 Å². The second kappa shape index (κ2) is 11.6. The number of hydrogen-bond acceptors (Lipinski definition) is 5. The fraction of sp³-hybridized carbons (Fsp3) is 0.0714. The van der Waals surface area contributed by atoms with Gasteiger partial charge in [0.2, 0.25) is 0 Å². The van der Waals surface area contributed by atoms with Crippen LogP contribution in [0, 0.1) is 0 Å². The highest BCUT2D eigenvalue weighted by Crippen LogP contribution is 2.31. The standard InChI is InChI=1S/C28H21Cl2NO5S/c29-23-12-14-24(15-13-23)31(18-20-7-3-1-4-8-20)37(34,35)27-17-22(11-16-25(27)30)28(33)36-19-26(32)21-9-5-2-6-10-21/h1-17H,18-19H2. The second-order valence-corrected chi connectivity index (χ2v) is 10.7. The van der Waals surface area contributed by atoms with Gasteiger partial charge >= 0.3 is 5.97 Å². The predicted octanol–water partition coefficient (Wildman–Crippen LogP) is 6.43. The SMILES string of the molecule is O=C(COC(=O)c1ccc(Cl)c(S(=O)(=O)N(Cc2ccccc2)c2ccc(Cl)cc2)c1)c1ccccc1. The molecule has 4 aromatic carbocycles. The molecule has 4 aromatic rings. The summed E-state index contributed by atoms with van der Waals surface area (Å²) >= 11 is 12.3. The first-order valence-corrected chi connectivity index (χ1v) is 13.3. The highest BCUT2D eigenvalue weighted by molar-refractivity contribution is 7.93. The van der Waals surface area contributed by atoms with E-state index in [0.717, 1.165) is 11.6 Å². The zero-order valence-electron chi connectivity index (χ0n) is 19.4. The van der Waals surface area contributed by atoms with E-state index in [1.807, 2.05) is 18.2 Å². The number of benzene rings is 4. The summed E-state index contributed by atoms with van der Waals surface area (Å²) in [4.78, 5) is 24.7. The zero-order valence-corrected chi connectivity index (χ0v) is 21.7. The van der Waals surface area contributed by atoms with E-state index < -0.39 is 22.6 Å². The van der Waals surface area contributed by atoms with Crippen LogP contribution in [-0.4, -0.2) is 26.8 Å². The van der Waals surface area contributed by atoms with Crippen LogP contribution in [-0.2, 0) is 21.3 Å². The van der Waals surface area contributed by atoms with Crippen molar-refractivity contribution in [1.82, 2.24) is 0 Å². The number of rotatable bonds is 9. The molecule has 0 atom stereocenters. The molecule has 0 bridgehead atoms. The maximum absolute atomic E-state index is 13.9. The Morgan fingerprint density at radius 1 is 0.757 bits per heavy atom. The van der Waals surface area contributed by atoms with Crippen LogP contribution in [0.5, 0.6) is 0 Å². The van der Waals surface area contributed by atoms with E-state index in [-0.39, 0.29) is 27.8 Å². The van der Waals surface area contributed by atoms with Gasteiger partial charge in [-0.05, 0) is 48.0 Å². The van der Waals surface area contributed by atoms with Gasteiger partial charge in [0.05, 0.1) is 22.8 Å². The number of esters is 1. The Bertz CT molecular complexity index is 1510. The fourth-order valence-electron chi connectivity index (χ4n) is 3.54. The Hall–Kier alpha value is -3.65. The maximum Gasteiger partial charge on any atom is 0.338 e. The molecule has 0 heterocycles. The molecule has 9 heteroatoms. The van der Waals surface area contributed by atoms with E-state index in [1.165, 1.54) is 16.4 Å². The number of ketones is 1. The monoisotopic (exact) mass is 553 g/mol. The minimum absolute atomic E-state index is 0.0153. The molecule has 0 aliphatic rings. The van der Waals surface area contributed by atoms with E-state index in [9.17, 15) is 18.0 Å². The lowest BCUT2D eigenvalue weighted by molar-refractivity contribution is 0.0474. The van der Waals surface area contributed by atoms with Crippen molar-refractivity contribution in [3.8, 4) is 0 Å². The van der Waals surface area contributed by atoms with Crippen molar-refractivity contribution in [3.63, 3.8) is 0 Å². The van der Waals surface area contributed by atoms with Gasteiger partial charge < -0.3 is 4.74 Å². The van der Waals surface area contributed by atoms with Gasteiger partial charge in [-0.2, -0.15) is 0 Å².